The molecule has 2 rings (SSSR count). The van der Waals surface area contributed by atoms with E-state index in [0.29, 0.717) is 5.92 Å². The van der Waals surface area contributed by atoms with E-state index in [2.05, 4.69) is 15.3 Å². The molecule has 2 heterocycles. The van der Waals surface area contributed by atoms with Gasteiger partial charge in [-0.15, -0.1) is 0 Å². The summed E-state index contributed by atoms with van der Waals surface area (Å²) in [6.07, 6.45) is 5.61. The van der Waals surface area contributed by atoms with E-state index in [1.54, 1.807) is 6.20 Å². The van der Waals surface area contributed by atoms with Crippen molar-refractivity contribution in [1.29, 1.82) is 0 Å². The number of thioether (sulfide) groups is 1. The Labute approximate surface area is 142 Å². The fraction of sp³-hybridized carbons (Fsp3) is 0.688. The second-order valence-corrected chi connectivity index (χ2v) is 7.52. The lowest BCUT2D eigenvalue weighted by Gasteiger charge is -2.34. The minimum atomic E-state index is -0.447. The fourth-order valence-electron chi connectivity index (χ4n) is 2.51. The molecular formula is C16H26N4O2S. The van der Waals surface area contributed by atoms with Crippen LogP contribution in [0, 0.1) is 5.92 Å². The SMILES string of the molecule is CSc1nccc(NC[C@@H]2CCCN(C(=O)OC(C)(C)C)C2)n1. The quantitative estimate of drug-likeness (QED) is 0.671. The molecule has 7 heteroatoms. The maximum absolute atomic E-state index is 12.2. The highest BCUT2D eigenvalue weighted by Gasteiger charge is 2.27. The molecule has 0 radical (unpaired) electrons. The van der Waals surface area contributed by atoms with E-state index < -0.39 is 5.60 Å². The molecule has 0 aliphatic carbocycles. The first kappa shape index (κ1) is 17.8. The van der Waals surface area contributed by atoms with Crippen molar-refractivity contribution in [3.05, 3.63) is 12.3 Å². The van der Waals surface area contributed by atoms with Crippen LogP contribution in [-0.4, -0.2) is 52.5 Å². The number of hydrogen-bond acceptors (Lipinski definition) is 6. The molecule has 128 valence electrons. The number of piperidine rings is 1. The summed E-state index contributed by atoms with van der Waals surface area (Å²) in [4.78, 5) is 22.6. The molecule has 0 aromatic carbocycles. The number of anilines is 1. The van der Waals surface area contributed by atoms with Crippen molar-refractivity contribution in [2.24, 2.45) is 5.92 Å². The Kier molecular flexibility index (Phi) is 6.10. The molecule has 23 heavy (non-hydrogen) atoms. The summed E-state index contributed by atoms with van der Waals surface area (Å²) in [5, 5.41) is 4.11. The van der Waals surface area contributed by atoms with Gasteiger partial charge in [-0.3, -0.25) is 0 Å². The first-order valence-corrected chi connectivity index (χ1v) is 9.18. The van der Waals surface area contributed by atoms with Crippen molar-refractivity contribution in [1.82, 2.24) is 14.9 Å². The van der Waals surface area contributed by atoms with E-state index in [1.807, 2.05) is 38.0 Å². The fourth-order valence-corrected chi connectivity index (χ4v) is 2.87. The summed E-state index contributed by atoms with van der Waals surface area (Å²) in [6, 6.07) is 1.87. The molecule has 1 amide bonds. The van der Waals surface area contributed by atoms with Crippen molar-refractivity contribution in [2.75, 3.05) is 31.2 Å². The zero-order chi connectivity index (χ0) is 16.9. The molecule has 0 unspecified atom stereocenters. The highest BCUT2D eigenvalue weighted by atomic mass is 32.2. The summed E-state index contributed by atoms with van der Waals surface area (Å²) in [5.74, 6) is 1.24. The molecule has 1 saturated heterocycles. The normalized spacial score (nSPS) is 18.6. The van der Waals surface area contributed by atoms with Crippen LogP contribution in [0.5, 0.6) is 0 Å². The van der Waals surface area contributed by atoms with Gasteiger partial charge in [-0.25, -0.2) is 14.8 Å². The number of nitrogens with zero attached hydrogens (tertiary/aromatic N) is 3. The third kappa shape index (κ3) is 5.89. The molecule has 1 aromatic heterocycles. The van der Waals surface area contributed by atoms with Gasteiger partial charge in [-0.2, -0.15) is 0 Å². The summed E-state index contributed by atoms with van der Waals surface area (Å²) >= 11 is 1.52. The number of amides is 1. The molecule has 1 aromatic rings. The van der Waals surface area contributed by atoms with E-state index in [1.165, 1.54) is 11.8 Å². The molecule has 0 spiro atoms. The topological polar surface area (TPSA) is 67.4 Å². The largest absolute Gasteiger partial charge is 0.444 e. The maximum Gasteiger partial charge on any atom is 0.410 e. The monoisotopic (exact) mass is 338 g/mol. The van der Waals surface area contributed by atoms with Gasteiger partial charge in [-0.05, 0) is 51.9 Å². The van der Waals surface area contributed by atoms with Crippen LogP contribution in [-0.2, 0) is 4.74 Å². The second kappa shape index (κ2) is 7.86. The standard InChI is InChI=1S/C16H26N4O2S/c1-16(2,3)22-15(21)20-9-5-6-12(11-20)10-18-13-7-8-17-14(19-13)23-4/h7-8,12H,5-6,9-11H2,1-4H3,(H,17,18,19)/t12-/m0/s1. The predicted octanol–water partition coefficient (Wildman–Crippen LogP) is 3.26. The van der Waals surface area contributed by atoms with Gasteiger partial charge in [0.05, 0.1) is 0 Å². The Morgan fingerprint density at radius 1 is 1.52 bits per heavy atom. The molecule has 0 bridgehead atoms. The van der Waals surface area contributed by atoms with Crippen LogP contribution < -0.4 is 5.32 Å². The van der Waals surface area contributed by atoms with Gasteiger partial charge < -0.3 is 15.0 Å². The number of likely N-dealkylation sites (tertiary alicyclic amines) is 1. The van der Waals surface area contributed by atoms with Crippen molar-refractivity contribution in [2.45, 2.75) is 44.4 Å². The van der Waals surface area contributed by atoms with E-state index in [4.69, 9.17) is 4.74 Å². The number of hydrogen-bond donors (Lipinski definition) is 1. The Bertz CT molecular complexity index is 533. The molecule has 1 N–H and O–H groups in total. The third-order valence-corrected chi connectivity index (χ3v) is 4.12. The number of ether oxygens (including phenoxy) is 1. The highest BCUT2D eigenvalue weighted by Crippen LogP contribution is 2.20. The second-order valence-electron chi connectivity index (χ2n) is 6.74. The van der Waals surface area contributed by atoms with Crippen LogP contribution in [0.4, 0.5) is 10.6 Å². The Balaban J connectivity index is 1.85. The molecule has 1 aliphatic heterocycles. The molecule has 1 atom stereocenters. The lowest BCUT2D eigenvalue weighted by molar-refractivity contribution is 0.0172. The molecule has 1 aliphatic rings. The molecule has 0 saturated carbocycles. The van der Waals surface area contributed by atoms with Gasteiger partial charge in [0.1, 0.15) is 11.4 Å². The zero-order valence-corrected chi connectivity index (χ0v) is 15.2. The molecule has 1 fully saturated rings. The van der Waals surface area contributed by atoms with Crippen LogP contribution in [0.3, 0.4) is 0 Å². The van der Waals surface area contributed by atoms with E-state index >= 15 is 0 Å². The van der Waals surface area contributed by atoms with Crippen molar-refractivity contribution in [3.63, 3.8) is 0 Å². The average Bonchev–Trinajstić information content (AvgIpc) is 2.52. The average molecular weight is 338 g/mol. The van der Waals surface area contributed by atoms with Crippen molar-refractivity contribution in [3.8, 4) is 0 Å². The molecule has 6 nitrogen and oxygen atoms in total. The van der Waals surface area contributed by atoms with Crippen LogP contribution in [0.15, 0.2) is 17.4 Å². The Morgan fingerprint density at radius 2 is 2.30 bits per heavy atom. The predicted molar refractivity (Wildman–Crippen MR) is 92.8 cm³/mol. The zero-order valence-electron chi connectivity index (χ0n) is 14.3. The van der Waals surface area contributed by atoms with Crippen molar-refractivity contribution < 1.29 is 9.53 Å². The molecular weight excluding hydrogens is 312 g/mol. The number of carbonyl (C=O) groups excluding carboxylic acids is 1. The van der Waals surface area contributed by atoms with E-state index in [9.17, 15) is 4.79 Å². The summed E-state index contributed by atoms with van der Waals surface area (Å²) in [7, 11) is 0. The number of rotatable bonds is 4. The lowest BCUT2D eigenvalue weighted by atomic mass is 9.98. The lowest BCUT2D eigenvalue weighted by Crippen LogP contribution is -2.44. The number of aromatic nitrogens is 2. The Morgan fingerprint density at radius 3 is 3.00 bits per heavy atom. The first-order valence-electron chi connectivity index (χ1n) is 7.96. The smallest absolute Gasteiger partial charge is 0.410 e. The van der Waals surface area contributed by atoms with Gasteiger partial charge >= 0.3 is 6.09 Å². The van der Waals surface area contributed by atoms with Crippen LogP contribution in [0.25, 0.3) is 0 Å². The first-order chi connectivity index (χ1) is 10.9. The summed E-state index contributed by atoms with van der Waals surface area (Å²) in [5.41, 5.74) is -0.447. The third-order valence-electron chi connectivity index (χ3n) is 3.56. The summed E-state index contributed by atoms with van der Waals surface area (Å²) in [6.45, 7) is 7.98. The minimum absolute atomic E-state index is 0.214. The minimum Gasteiger partial charge on any atom is -0.444 e. The van der Waals surface area contributed by atoms with Gasteiger partial charge in [-0.1, -0.05) is 11.8 Å². The van der Waals surface area contributed by atoms with Crippen molar-refractivity contribution >= 4 is 23.7 Å². The summed E-state index contributed by atoms with van der Waals surface area (Å²) < 4.78 is 5.46. The van der Waals surface area contributed by atoms with Crippen LogP contribution >= 0.6 is 11.8 Å². The Hall–Kier alpha value is -1.50. The van der Waals surface area contributed by atoms with Gasteiger partial charge in [0.15, 0.2) is 5.16 Å². The number of nitrogens with one attached hydrogen (secondary N) is 1. The van der Waals surface area contributed by atoms with Gasteiger partial charge in [0.25, 0.3) is 0 Å². The number of carbonyl (C=O) groups is 1. The van der Waals surface area contributed by atoms with E-state index in [-0.39, 0.29) is 6.09 Å². The van der Waals surface area contributed by atoms with Crippen LogP contribution in [0.1, 0.15) is 33.6 Å². The van der Waals surface area contributed by atoms with E-state index in [0.717, 1.165) is 43.5 Å². The maximum atomic E-state index is 12.2. The van der Waals surface area contributed by atoms with Crippen LogP contribution in [0.2, 0.25) is 0 Å². The highest BCUT2D eigenvalue weighted by molar-refractivity contribution is 7.98. The van der Waals surface area contributed by atoms with Gasteiger partial charge in [0.2, 0.25) is 0 Å². The van der Waals surface area contributed by atoms with Gasteiger partial charge in [0, 0.05) is 25.8 Å².